The van der Waals surface area contributed by atoms with Crippen LogP contribution in [0.15, 0.2) is 53.4 Å². The first-order valence-electron chi connectivity index (χ1n) is 8.46. The summed E-state index contributed by atoms with van der Waals surface area (Å²) in [5, 5.41) is 3.19. The summed E-state index contributed by atoms with van der Waals surface area (Å²) < 4.78 is 27.4. The molecule has 0 unspecified atom stereocenters. The first kappa shape index (κ1) is 21.2. The number of rotatable bonds is 8. The number of sulfonamides is 1. The quantitative estimate of drug-likeness (QED) is 0.727. The number of aryl methyl sites for hydroxylation is 1. The lowest BCUT2D eigenvalue weighted by molar-refractivity contribution is -0.119. The minimum Gasteiger partial charge on any atom is -0.353 e. The van der Waals surface area contributed by atoms with Crippen LogP contribution in [-0.4, -0.2) is 53.0 Å². The maximum absolute atomic E-state index is 13.1. The summed E-state index contributed by atoms with van der Waals surface area (Å²) in [6.45, 7) is 2.71. The lowest BCUT2D eigenvalue weighted by atomic mass is 10.2. The van der Waals surface area contributed by atoms with Crippen LogP contribution in [0.1, 0.15) is 5.56 Å². The van der Waals surface area contributed by atoms with E-state index in [2.05, 4.69) is 5.32 Å². The van der Waals surface area contributed by atoms with E-state index in [9.17, 15) is 13.2 Å². The van der Waals surface area contributed by atoms with Crippen molar-refractivity contribution >= 4 is 33.2 Å². The number of nitrogens with zero attached hydrogens (tertiary/aromatic N) is 2. The fourth-order valence-corrected chi connectivity index (χ4v) is 3.91. The van der Waals surface area contributed by atoms with E-state index < -0.39 is 10.0 Å². The zero-order chi connectivity index (χ0) is 20.0. The molecule has 0 bridgehead atoms. The van der Waals surface area contributed by atoms with Crippen LogP contribution in [0.2, 0.25) is 5.02 Å². The Bertz CT molecular complexity index is 866. The summed E-state index contributed by atoms with van der Waals surface area (Å²) in [4.78, 5) is 14.4. The second-order valence-corrected chi connectivity index (χ2v) is 8.75. The van der Waals surface area contributed by atoms with Gasteiger partial charge in [-0.25, -0.2) is 8.42 Å². The van der Waals surface area contributed by atoms with Gasteiger partial charge in [-0.3, -0.25) is 9.10 Å². The van der Waals surface area contributed by atoms with Gasteiger partial charge in [0.2, 0.25) is 5.91 Å². The van der Waals surface area contributed by atoms with Crippen LogP contribution >= 0.6 is 11.6 Å². The molecule has 0 radical (unpaired) electrons. The molecule has 0 aliphatic carbocycles. The summed E-state index contributed by atoms with van der Waals surface area (Å²) >= 11 is 5.87. The Morgan fingerprint density at radius 2 is 1.63 bits per heavy atom. The number of hydrogen-bond acceptors (Lipinski definition) is 4. The predicted molar refractivity (Wildman–Crippen MR) is 109 cm³/mol. The smallest absolute Gasteiger partial charge is 0.264 e. The van der Waals surface area contributed by atoms with E-state index in [4.69, 9.17) is 11.6 Å². The number of likely N-dealkylation sites (N-methyl/N-ethyl adjacent to an activating group) is 1. The maximum atomic E-state index is 13.1. The summed E-state index contributed by atoms with van der Waals surface area (Å²) in [6, 6.07) is 12.9. The second-order valence-electron chi connectivity index (χ2n) is 6.45. The van der Waals surface area contributed by atoms with Gasteiger partial charge in [0.25, 0.3) is 10.0 Å². The molecule has 0 atom stereocenters. The van der Waals surface area contributed by atoms with Crippen LogP contribution in [-0.2, 0) is 14.8 Å². The van der Waals surface area contributed by atoms with E-state index >= 15 is 0 Å². The molecule has 27 heavy (non-hydrogen) atoms. The van der Waals surface area contributed by atoms with E-state index in [1.807, 2.05) is 38.1 Å². The zero-order valence-corrected chi connectivity index (χ0v) is 17.2. The number of halogens is 1. The van der Waals surface area contributed by atoms with Gasteiger partial charge >= 0.3 is 0 Å². The molecule has 0 aliphatic rings. The summed E-state index contributed by atoms with van der Waals surface area (Å²) in [6.07, 6.45) is 0. The van der Waals surface area contributed by atoms with Crippen molar-refractivity contribution in [3.8, 4) is 0 Å². The molecule has 8 heteroatoms. The Labute approximate surface area is 165 Å². The molecule has 1 N–H and O–H groups in total. The monoisotopic (exact) mass is 409 g/mol. The Morgan fingerprint density at radius 1 is 1.04 bits per heavy atom. The molecule has 0 saturated carbocycles. The molecule has 0 spiro atoms. The Kier molecular flexibility index (Phi) is 7.24. The number of amides is 1. The van der Waals surface area contributed by atoms with Crippen molar-refractivity contribution in [2.45, 2.75) is 11.8 Å². The molecular weight excluding hydrogens is 386 g/mol. The average Bonchev–Trinajstić information content (AvgIpc) is 2.60. The first-order valence-corrected chi connectivity index (χ1v) is 10.3. The van der Waals surface area contributed by atoms with Gasteiger partial charge in [0.15, 0.2) is 0 Å². The highest BCUT2D eigenvalue weighted by Crippen LogP contribution is 2.25. The molecule has 6 nitrogen and oxygen atoms in total. The van der Waals surface area contributed by atoms with Crippen LogP contribution < -0.4 is 9.62 Å². The van der Waals surface area contributed by atoms with Crippen LogP contribution in [0.4, 0.5) is 5.69 Å². The van der Waals surface area contributed by atoms with Crippen molar-refractivity contribution in [2.75, 3.05) is 38.0 Å². The molecule has 0 heterocycles. The molecule has 0 aromatic heterocycles. The molecule has 146 valence electrons. The maximum Gasteiger partial charge on any atom is 0.264 e. The third-order valence-corrected chi connectivity index (χ3v) is 5.93. The minimum absolute atomic E-state index is 0.0774. The summed E-state index contributed by atoms with van der Waals surface area (Å²) in [5.41, 5.74) is 1.43. The largest absolute Gasteiger partial charge is 0.353 e. The van der Waals surface area contributed by atoms with Gasteiger partial charge in [0.1, 0.15) is 6.54 Å². The van der Waals surface area contributed by atoms with E-state index in [-0.39, 0.29) is 17.3 Å². The van der Waals surface area contributed by atoms with Gasteiger partial charge in [-0.15, -0.1) is 0 Å². The second kappa shape index (κ2) is 9.21. The third kappa shape index (κ3) is 5.95. The molecule has 2 aromatic carbocycles. The van der Waals surface area contributed by atoms with E-state index in [1.165, 1.54) is 24.3 Å². The molecule has 2 aromatic rings. The Morgan fingerprint density at radius 3 is 2.19 bits per heavy atom. The fraction of sp³-hybridized carbons (Fsp3) is 0.316. The van der Waals surface area contributed by atoms with Crippen molar-refractivity contribution in [2.24, 2.45) is 0 Å². The van der Waals surface area contributed by atoms with Crippen LogP contribution in [0.5, 0.6) is 0 Å². The molecule has 0 aliphatic heterocycles. The lowest BCUT2D eigenvalue weighted by Gasteiger charge is -2.24. The lowest BCUT2D eigenvalue weighted by Crippen LogP contribution is -2.42. The van der Waals surface area contributed by atoms with E-state index in [1.54, 1.807) is 12.1 Å². The highest BCUT2D eigenvalue weighted by atomic mass is 35.5. The first-order chi connectivity index (χ1) is 12.7. The predicted octanol–water partition coefficient (Wildman–Crippen LogP) is 2.52. The molecule has 1 amide bonds. The third-order valence-electron chi connectivity index (χ3n) is 3.89. The number of carbonyl (C=O) groups excluding carboxylic acids is 1. The zero-order valence-electron chi connectivity index (χ0n) is 15.6. The fourth-order valence-electron chi connectivity index (χ4n) is 2.37. The van der Waals surface area contributed by atoms with Gasteiger partial charge in [-0.1, -0.05) is 29.3 Å². The molecule has 0 saturated heterocycles. The Hall–Kier alpha value is -2.09. The average molecular weight is 410 g/mol. The van der Waals surface area contributed by atoms with E-state index in [0.29, 0.717) is 23.8 Å². The van der Waals surface area contributed by atoms with Crippen molar-refractivity contribution in [1.29, 1.82) is 0 Å². The standard InChI is InChI=1S/C19H24ClN3O3S/c1-15-4-8-17(9-5-15)23(14-19(24)21-12-13-22(2)3)27(25,26)18-10-6-16(20)7-11-18/h4-11H,12-14H2,1-3H3,(H,21,24). The number of anilines is 1. The Balaban J connectivity index is 2.30. The van der Waals surface area contributed by atoms with Crippen molar-refractivity contribution in [3.05, 3.63) is 59.1 Å². The summed E-state index contributed by atoms with van der Waals surface area (Å²) in [7, 11) is -0.120. The van der Waals surface area contributed by atoms with Crippen LogP contribution in [0.25, 0.3) is 0 Å². The van der Waals surface area contributed by atoms with Gasteiger partial charge in [-0.2, -0.15) is 0 Å². The number of nitrogens with one attached hydrogen (secondary N) is 1. The molecule has 0 fully saturated rings. The number of benzene rings is 2. The van der Waals surface area contributed by atoms with Gasteiger partial charge in [-0.05, 0) is 57.4 Å². The molecule has 2 rings (SSSR count). The van der Waals surface area contributed by atoms with Gasteiger partial charge in [0.05, 0.1) is 10.6 Å². The number of hydrogen-bond donors (Lipinski definition) is 1. The van der Waals surface area contributed by atoms with Crippen LogP contribution in [0, 0.1) is 6.92 Å². The van der Waals surface area contributed by atoms with Gasteiger partial charge in [0, 0.05) is 18.1 Å². The summed E-state index contributed by atoms with van der Waals surface area (Å²) in [5.74, 6) is -0.366. The van der Waals surface area contributed by atoms with Gasteiger partial charge < -0.3 is 10.2 Å². The highest BCUT2D eigenvalue weighted by Gasteiger charge is 2.27. The van der Waals surface area contributed by atoms with E-state index in [0.717, 1.165) is 9.87 Å². The minimum atomic E-state index is -3.92. The van der Waals surface area contributed by atoms with Crippen molar-refractivity contribution in [1.82, 2.24) is 10.2 Å². The van der Waals surface area contributed by atoms with Crippen molar-refractivity contribution < 1.29 is 13.2 Å². The van der Waals surface area contributed by atoms with Crippen LogP contribution in [0.3, 0.4) is 0 Å². The SMILES string of the molecule is Cc1ccc(N(CC(=O)NCCN(C)C)S(=O)(=O)c2ccc(Cl)cc2)cc1. The highest BCUT2D eigenvalue weighted by molar-refractivity contribution is 7.92. The number of carbonyl (C=O) groups is 1. The topological polar surface area (TPSA) is 69.7 Å². The normalized spacial score (nSPS) is 11.4. The van der Waals surface area contributed by atoms with Crippen molar-refractivity contribution in [3.63, 3.8) is 0 Å². The molecular formula is C19H24ClN3O3S.